The normalized spacial score (nSPS) is 21.4. The summed E-state index contributed by atoms with van der Waals surface area (Å²) in [7, 11) is 0. The van der Waals surface area contributed by atoms with Crippen LogP contribution in [-0.2, 0) is 25.5 Å². The number of nitrogens with one attached hydrogen (secondary N) is 1. The van der Waals surface area contributed by atoms with E-state index in [1.54, 1.807) is 6.92 Å². The standard InChI is InChI=1S/C16H21N5O5S2/c1-2-26-10(22)5-3-4-9-13(19-20-18-9)27-6-8-7-28-15-11(17)14(23)21(15)12(8)16(24)25/h11,15H,2-7,17H2,1H3,(H,24,25)(H,18,19,20)/t11?,15-/m1/s1. The van der Waals surface area contributed by atoms with E-state index in [0.29, 0.717) is 48.0 Å². The average Bonchev–Trinajstić information content (AvgIpc) is 3.12. The Labute approximate surface area is 169 Å². The molecule has 3 rings (SSSR count). The lowest BCUT2D eigenvalue weighted by atomic mass is 10.0. The number of ether oxygens (including phenoxy) is 1. The molecule has 12 heteroatoms. The van der Waals surface area contributed by atoms with Crippen LogP contribution >= 0.6 is 23.5 Å². The maximum absolute atomic E-state index is 12.0. The van der Waals surface area contributed by atoms with Crippen LogP contribution in [0, 0.1) is 0 Å². The molecule has 4 N–H and O–H groups in total. The Kier molecular flexibility index (Phi) is 6.62. The highest BCUT2D eigenvalue weighted by atomic mass is 32.2. The van der Waals surface area contributed by atoms with E-state index in [1.165, 1.54) is 28.4 Å². The van der Waals surface area contributed by atoms with Crippen molar-refractivity contribution in [3.63, 3.8) is 0 Å². The number of carboxylic acid groups (broad SMARTS) is 1. The highest BCUT2D eigenvalue weighted by Gasteiger charge is 2.51. The zero-order valence-electron chi connectivity index (χ0n) is 15.2. The van der Waals surface area contributed by atoms with Crippen LogP contribution in [0.3, 0.4) is 0 Å². The quantitative estimate of drug-likeness (QED) is 0.286. The second kappa shape index (κ2) is 8.97. The molecule has 10 nitrogen and oxygen atoms in total. The van der Waals surface area contributed by atoms with E-state index in [0.717, 1.165) is 5.69 Å². The number of amides is 1. The van der Waals surface area contributed by atoms with Crippen molar-refractivity contribution in [2.24, 2.45) is 5.73 Å². The van der Waals surface area contributed by atoms with Crippen molar-refractivity contribution in [3.8, 4) is 0 Å². The molecular weight excluding hydrogens is 406 g/mol. The number of hydrogen-bond acceptors (Lipinski definition) is 9. The Hall–Kier alpha value is -2.05. The molecule has 1 saturated heterocycles. The van der Waals surface area contributed by atoms with Gasteiger partial charge in [-0.25, -0.2) is 4.79 Å². The van der Waals surface area contributed by atoms with Gasteiger partial charge in [-0.2, -0.15) is 10.3 Å². The minimum absolute atomic E-state index is 0.0234. The smallest absolute Gasteiger partial charge is 0.352 e. The summed E-state index contributed by atoms with van der Waals surface area (Å²) in [6.07, 6.45) is 1.44. The van der Waals surface area contributed by atoms with Crippen molar-refractivity contribution in [2.75, 3.05) is 18.1 Å². The molecule has 1 unspecified atom stereocenters. The molecule has 0 aliphatic carbocycles. The lowest BCUT2D eigenvalue weighted by molar-refractivity contribution is -0.147. The topological polar surface area (TPSA) is 152 Å². The summed E-state index contributed by atoms with van der Waals surface area (Å²) in [5.74, 6) is -0.873. The molecule has 1 aromatic heterocycles. The third-order valence-corrected chi connectivity index (χ3v) is 6.81. The van der Waals surface area contributed by atoms with E-state index >= 15 is 0 Å². The van der Waals surface area contributed by atoms with Gasteiger partial charge in [-0.3, -0.25) is 14.5 Å². The number of hydrogen-bond donors (Lipinski definition) is 3. The van der Waals surface area contributed by atoms with Crippen LogP contribution in [0.2, 0.25) is 0 Å². The summed E-state index contributed by atoms with van der Waals surface area (Å²) in [5.41, 5.74) is 7.15. The van der Waals surface area contributed by atoms with E-state index in [-0.39, 0.29) is 22.9 Å². The van der Waals surface area contributed by atoms with Gasteiger partial charge in [0.1, 0.15) is 22.1 Å². The van der Waals surface area contributed by atoms with Crippen LogP contribution in [0.1, 0.15) is 25.5 Å². The first kappa shape index (κ1) is 20.7. The second-order valence-corrected chi connectivity index (χ2v) is 8.28. The lowest BCUT2D eigenvalue weighted by Gasteiger charge is -2.48. The Morgan fingerprint density at radius 3 is 2.96 bits per heavy atom. The van der Waals surface area contributed by atoms with Gasteiger partial charge in [-0.1, -0.05) is 11.8 Å². The fourth-order valence-corrected chi connectivity index (χ4v) is 5.39. The monoisotopic (exact) mass is 427 g/mol. The van der Waals surface area contributed by atoms with Crippen LogP contribution in [0.4, 0.5) is 0 Å². The van der Waals surface area contributed by atoms with E-state index in [2.05, 4.69) is 15.4 Å². The number of H-pyrrole nitrogens is 1. The lowest BCUT2D eigenvalue weighted by Crippen LogP contribution is -2.68. The van der Waals surface area contributed by atoms with Crippen molar-refractivity contribution < 1.29 is 24.2 Å². The van der Waals surface area contributed by atoms with Gasteiger partial charge in [0.05, 0.1) is 12.3 Å². The SMILES string of the molecule is CCOC(=O)CCCc1n[nH]nc1SCC1=C(C(=O)O)N2C(=O)C(N)[C@H]2SC1. The Morgan fingerprint density at radius 2 is 2.25 bits per heavy atom. The van der Waals surface area contributed by atoms with E-state index in [9.17, 15) is 19.5 Å². The van der Waals surface area contributed by atoms with E-state index in [1.807, 2.05) is 0 Å². The highest BCUT2D eigenvalue weighted by molar-refractivity contribution is 8.01. The molecule has 1 aromatic rings. The van der Waals surface area contributed by atoms with Gasteiger partial charge in [0.25, 0.3) is 0 Å². The van der Waals surface area contributed by atoms with Gasteiger partial charge in [0.2, 0.25) is 5.91 Å². The number of fused-ring (bicyclic) bond motifs is 1. The predicted octanol–water partition coefficient (Wildman–Crippen LogP) is 0.364. The fourth-order valence-electron chi connectivity index (χ4n) is 3.00. The van der Waals surface area contributed by atoms with Gasteiger partial charge in [-0.15, -0.1) is 16.9 Å². The number of β-lactam (4-membered cyclic amide) rings is 1. The van der Waals surface area contributed by atoms with Crippen molar-refractivity contribution in [3.05, 3.63) is 17.0 Å². The number of aromatic nitrogens is 3. The number of aromatic amines is 1. The molecule has 1 fully saturated rings. The third-order valence-electron chi connectivity index (χ3n) is 4.36. The second-order valence-electron chi connectivity index (χ2n) is 6.22. The van der Waals surface area contributed by atoms with Crippen molar-refractivity contribution in [1.82, 2.24) is 20.3 Å². The zero-order chi connectivity index (χ0) is 20.3. The summed E-state index contributed by atoms with van der Waals surface area (Å²) in [4.78, 5) is 36.4. The van der Waals surface area contributed by atoms with Crippen LogP contribution in [0.5, 0.6) is 0 Å². The number of thioether (sulfide) groups is 2. The average molecular weight is 428 g/mol. The molecule has 152 valence electrons. The molecular formula is C16H21N5O5S2. The number of nitrogens with zero attached hydrogens (tertiary/aromatic N) is 3. The number of carbonyl (C=O) groups excluding carboxylic acids is 2. The summed E-state index contributed by atoms with van der Waals surface area (Å²) >= 11 is 2.82. The van der Waals surface area contributed by atoms with Crippen LogP contribution in [0.15, 0.2) is 16.3 Å². The Bertz CT molecular complexity index is 811. The minimum Gasteiger partial charge on any atom is -0.477 e. The van der Waals surface area contributed by atoms with Gasteiger partial charge >= 0.3 is 11.9 Å². The predicted molar refractivity (Wildman–Crippen MR) is 102 cm³/mol. The molecule has 0 aromatic carbocycles. The molecule has 3 heterocycles. The summed E-state index contributed by atoms with van der Waals surface area (Å²) in [6.45, 7) is 2.12. The number of esters is 1. The Balaban J connectivity index is 1.62. The largest absolute Gasteiger partial charge is 0.477 e. The first-order valence-electron chi connectivity index (χ1n) is 8.77. The maximum Gasteiger partial charge on any atom is 0.352 e. The summed E-state index contributed by atoms with van der Waals surface area (Å²) < 4.78 is 4.90. The van der Waals surface area contributed by atoms with Crippen LogP contribution < -0.4 is 5.73 Å². The van der Waals surface area contributed by atoms with Gasteiger partial charge in [0.15, 0.2) is 0 Å². The molecule has 2 atom stereocenters. The number of nitrogens with two attached hydrogens (primary N) is 1. The molecule has 0 saturated carbocycles. The minimum atomic E-state index is -1.13. The molecule has 0 spiro atoms. The van der Waals surface area contributed by atoms with Crippen LogP contribution in [-0.4, -0.2) is 72.8 Å². The van der Waals surface area contributed by atoms with Crippen molar-refractivity contribution in [1.29, 1.82) is 0 Å². The number of aliphatic carboxylic acids is 1. The molecule has 2 aliphatic heterocycles. The molecule has 0 radical (unpaired) electrons. The van der Waals surface area contributed by atoms with Crippen molar-refractivity contribution in [2.45, 2.75) is 42.6 Å². The highest BCUT2D eigenvalue weighted by Crippen LogP contribution is 2.40. The number of carboxylic acids is 1. The van der Waals surface area contributed by atoms with Gasteiger partial charge < -0.3 is 15.6 Å². The Morgan fingerprint density at radius 1 is 1.46 bits per heavy atom. The first-order chi connectivity index (χ1) is 13.4. The first-order valence-corrected chi connectivity index (χ1v) is 10.8. The van der Waals surface area contributed by atoms with Gasteiger partial charge in [0, 0.05) is 17.9 Å². The third kappa shape index (κ3) is 4.18. The molecule has 1 amide bonds. The molecule has 0 bridgehead atoms. The fraction of sp³-hybridized carbons (Fsp3) is 0.562. The van der Waals surface area contributed by atoms with Crippen molar-refractivity contribution >= 4 is 41.4 Å². The molecule has 2 aliphatic rings. The zero-order valence-corrected chi connectivity index (χ0v) is 16.8. The molecule has 28 heavy (non-hydrogen) atoms. The summed E-state index contributed by atoms with van der Waals surface area (Å²) in [5, 5.41) is 20.7. The van der Waals surface area contributed by atoms with Crippen LogP contribution in [0.25, 0.3) is 0 Å². The van der Waals surface area contributed by atoms with E-state index in [4.69, 9.17) is 10.5 Å². The number of carbonyl (C=O) groups is 3. The maximum atomic E-state index is 12.0. The van der Waals surface area contributed by atoms with E-state index < -0.39 is 12.0 Å². The number of aryl methyl sites for hydroxylation is 1. The van der Waals surface area contributed by atoms with Gasteiger partial charge in [-0.05, 0) is 25.3 Å². The number of rotatable bonds is 9. The summed E-state index contributed by atoms with van der Waals surface area (Å²) in [6, 6.07) is -0.643.